The van der Waals surface area contributed by atoms with Crippen molar-refractivity contribution in [1.82, 2.24) is 5.32 Å². The first-order valence-corrected chi connectivity index (χ1v) is 8.67. The van der Waals surface area contributed by atoms with Gasteiger partial charge in [-0.2, -0.15) is 0 Å². The van der Waals surface area contributed by atoms with Crippen molar-refractivity contribution in [1.29, 1.82) is 0 Å². The van der Waals surface area contributed by atoms with Crippen molar-refractivity contribution in [2.45, 2.75) is 24.6 Å². The van der Waals surface area contributed by atoms with E-state index >= 15 is 0 Å². The number of hydrogen-bond donors (Lipinski definition) is 2. The summed E-state index contributed by atoms with van der Waals surface area (Å²) in [5, 5.41) is 3.00. The van der Waals surface area contributed by atoms with E-state index in [9.17, 15) is 12.8 Å². The fourth-order valence-corrected chi connectivity index (χ4v) is 4.59. The maximum Gasteiger partial charge on any atom is 0.271 e. The summed E-state index contributed by atoms with van der Waals surface area (Å²) in [7, 11) is -1.89. The van der Waals surface area contributed by atoms with E-state index in [4.69, 9.17) is 0 Å². The minimum atomic E-state index is -3.70. The van der Waals surface area contributed by atoms with E-state index in [2.05, 4.69) is 10.0 Å². The van der Waals surface area contributed by atoms with E-state index in [0.29, 0.717) is 6.54 Å². The highest BCUT2D eigenvalue weighted by atomic mass is 32.2. The Bertz CT molecular complexity index is 754. The van der Waals surface area contributed by atoms with Crippen LogP contribution in [0.25, 0.3) is 0 Å². The van der Waals surface area contributed by atoms with Crippen LogP contribution < -0.4 is 10.0 Å². The monoisotopic (exact) mass is 328 g/mol. The molecule has 0 aliphatic carbocycles. The van der Waals surface area contributed by atoms with Crippen LogP contribution in [0.1, 0.15) is 16.0 Å². The molecule has 0 aliphatic heterocycles. The highest BCUT2D eigenvalue weighted by Gasteiger charge is 2.20. The fraction of sp³-hybridized carbons (Fsp3) is 0.286. The van der Waals surface area contributed by atoms with Crippen LogP contribution in [0.2, 0.25) is 0 Å². The SMILES string of the molecule is CNCc1sc(S(=O)(=O)Nc2cccc(F)c2C)cc1C. The van der Waals surface area contributed by atoms with E-state index in [1.165, 1.54) is 23.5 Å². The molecule has 0 fully saturated rings. The van der Waals surface area contributed by atoms with Crippen molar-refractivity contribution in [3.8, 4) is 0 Å². The van der Waals surface area contributed by atoms with Gasteiger partial charge in [0.05, 0.1) is 5.69 Å². The van der Waals surface area contributed by atoms with Gasteiger partial charge in [0, 0.05) is 17.0 Å². The van der Waals surface area contributed by atoms with Gasteiger partial charge in [0.1, 0.15) is 10.0 Å². The average Bonchev–Trinajstić information content (AvgIpc) is 2.78. The number of thiophene rings is 1. The zero-order valence-electron chi connectivity index (χ0n) is 12.0. The summed E-state index contributed by atoms with van der Waals surface area (Å²) < 4.78 is 40.9. The quantitative estimate of drug-likeness (QED) is 0.887. The van der Waals surface area contributed by atoms with Gasteiger partial charge < -0.3 is 5.32 Å². The molecular weight excluding hydrogens is 311 g/mol. The number of nitrogens with one attached hydrogen (secondary N) is 2. The first kappa shape index (κ1) is 15.9. The van der Waals surface area contributed by atoms with Crippen molar-refractivity contribution in [3.63, 3.8) is 0 Å². The molecule has 0 bridgehead atoms. The maximum absolute atomic E-state index is 13.5. The van der Waals surface area contributed by atoms with E-state index in [0.717, 1.165) is 10.4 Å². The molecule has 1 aromatic heterocycles. The molecule has 2 N–H and O–H groups in total. The summed E-state index contributed by atoms with van der Waals surface area (Å²) in [6, 6.07) is 5.96. The number of rotatable bonds is 5. The van der Waals surface area contributed by atoms with E-state index < -0.39 is 15.8 Å². The minimum Gasteiger partial charge on any atom is -0.315 e. The molecule has 0 unspecified atom stereocenters. The Balaban J connectivity index is 2.34. The molecule has 114 valence electrons. The Morgan fingerprint density at radius 2 is 2.00 bits per heavy atom. The van der Waals surface area contributed by atoms with E-state index in [1.807, 2.05) is 14.0 Å². The van der Waals surface area contributed by atoms with Gasteiger partial charge >= 0.3 is 0 Å². The first-order chi connectivity index (χ1) is 9.85. The maximum atomic E-state index is 13.5. The third-order valence-electron chi connectivity index (χ3n) is 3.11. The Kier molecular flexibility index (Phi) is 4.65. The summed E-state index contributed by atoms with van der Waals surface area (Å²) in [4.78, 5) is 0.967. The van der Waals surface area contributed by atoms with Crippen LogP contribution in [-0.4, -0.2) is 15.5 Å². The molecule has 7 heteroatoms. The molecule has 0 aliphatic rings. The Morgan fingerprint density at radius 1 is 1.29 bits per heavy atom. The molecule has 0 amide bonds. The molecule has 0 saturated heterocycles. The van der Waals surface area contributed by atoms with Crippen LogP contribution in [0.3, 0.4) is 0 Å². The molecule has 0 radical (unpaired) electrons. The van der Waals surface area contributed by atoms with Gasteiger partial charge in [-0.1, -0.05) is 6.07 Å². The number of aryl methyl sites for hydroxylation is 1. The molecule has 21 heavy (non-hydrogen) atoms. The second-order valence-electron chi connectivity index (χ2n) is 4.72. The summed E-state index contributed by atoms with van der Waals surface area (Å²) in [6.45, 7) is 4.03. The average molecular weight is 328 g/mol. The highest BCUT2D eigenvalue weighted by molar-refractivity contribution is 7.94. The van der Waals surface area contributed by atoms with Crippen LogP contribution in [-0.2, 0) is 16.6 Å². The molecule has 0 atom stereocenters. The third-order valence-corrected chi connectivity index (χ3v) is 6.19. The van der Waals surface area contributed by atoms with Gasteiger partial charge in [0.25, 0.3) is 10.0 Å². The molecule has 1 aromatic carbocycles. The minimum absolute atomic E-state index is 0.230. The van der Waals surface area contributed by atoms with Gasteiger partial charge in [-0.05, 0) is 44.7 Å². The Labute approximate surface area is 128 Å². The topological polar surface area (TPSA) is 58.2 Å². The summed E-state index contributed by atoms with van der Waals surface area (Å²) in [6.07, 6.45) is 0. The van der Waals surface area contributed by atoms with Crippen LogP contribution in [0.15, 0.2) is 28.5 Å². The molecule has 2 rings (SSSR count). The standard InChI is InChI=1S/C14H17FN2O2S2/c1-9-7-14(20-13(9)8-16-3)21(18,19)17-12-6-4-5-11(15)10(12)2/h4-7,16-17H,8H2,1-3H3. The predicted octanol–water partition coefficient (Wildman–Crippen LogP) is 3.02. The smallest absolute Gasteiger partial charge is 0.271 e. The zero-order valence-corrected chi connectivity index (χ0v) is 13.7. The molecule has 1 heterocycles. The number of benzene rings is 1. The molecule has 4 nitrogen and oxygen atoms in total. The van der Waals surface area contributed by atoms with Crippen LogP contribution >= 0.6 is 11.3 Å². The molecular formula is C14H17FN2O2S2. The highest BCUT2D eigenvalue weighted by Crippen LogP contribution is 2.28. The van der Waals surface area contributed by atoms with Crippen LogP contribution in [0, 0.1) is 19.7 Å². The summed E-state index contributed by atoms with van der Waals surface area (Å²) >= 11 is 1.21. The lowest BCUT2D eigenvalue weighted by Gasteiger charge is -2.09. The fourth-order valence-electron chi connectivity index (χ4n) is 1.87. The van der Waals surface area contributed by atoms with Crippen LogP contribution in [0.4, 0.5) is 10.1 Å². The van der Waals surface area contributed by atoms with Crippen molar-refractivity contribution in [3.05, 3.63) is 46.1 Å². The van der Waals surface area contributed by atoms with Gasteiger partial charge in [-0.15, -0.1) is 11.3 Å². The normalized spacial score (nSPS) is 11.6. The number of hydrogen-bond acceptors (Lipinski definition) is 4. The number of anilines is 1. The second-order valence-corrected chi connectivity index (χ2v) is 7.77. The molecule has 0 spiro atoms. The largest absolute Gasteiger partial charge is 0.315 e. The van der Waals surface area contributed by atoms with Gasteiger partial charge in [0.2, 0.25) is 0 Å². The zero-order chi connectivity index (χ0) is 15.6. The third kappa shape index (κ3) is 3.42. The van der Waals surface area contributed by atoms with Crippen molar-refractivity contribution >= 4 is 27.0 Å². The molecule has 2 aromatic rings. The number of sulfonamides is 1. The number of halogens is 1. The lowest BCUT2D eigenvalue weighted by atomic mass is 10.2. The predicted molar refractivity (Wildman–Crippen MR) is 83.8 cm³/mol. The van der Waals surface area contributed by atoms with Gasteiger partial charge in [0.15, 0.2) is 0 Å². The van der Waals surface area contributed by atoms with E-state index in [1.54, 1.807) is 19.1 Å². The van der Waals surface area contributed by atoms with Crippen LogP contribution in [0.5, 0.6) is 0 Å². The Morgan fingerprint density at radius 3 is 2.67 bits per heavy atom. The summed E-state index contributed by atoms with van der Waals surface area (Å²) in [5.74, 6) is -0.437. The van der Waals surface area contributed by atoms with Crippen molar-refractivity contribution in [2.75, 3.05) is 11.8 Å². The molecule has 0 saturated carbocycles. The lowest BCUT2D eigenvalue weighted by Crippen LogP contribution is -2.12. The second kappa shape index (κ2) is 6.13. The lowest BCUT2D eigenvalue weighted by molar-refractivity contribution is 0.602. The van der Waals surface area contributed by atoms with Crippen molar-refractivity contribution < 1.29 is 12.8 Å². The Hall–Kier alpha value is -1.44. The first-order valence-electron chi connectivity index (χ1n) is 6.37. The summed E-state index contributed by atoms with van der Waals surface area (Å²) in [5.41, 5.74) is 1.46. The van der Waals surface area contributed by atoms with Crippen molar-refractivity contribution in [2.24, 2.45) is 0 Å². The van der Waals surface area contributed by atoms with E-state index in [-0.39, 0.29) is 15.5 Å². The van der Waals surface area contributed by atoms with Gasteiger partial charge in [-0.25, -0.2) is 12.8 Å². The van der Waals surface area contributed by atoms with Gasteiger partial charge in [-0.3, -0.25) is 4.72 Å².